The Morgan fingerprint density at radius 1 is 1.06 bits per heavy atom. The van der Waals surface area contributed by atoms with E-state index < -0.39 is 0 Å². The Labute approximate surface area is 136 Å². The van der Waals surface area contributed by atoms with E-state index >= 15 is 0 Å². The topological polar surface area (TPSA) is 18.5 Å². The molecule has 0 radical (unpaired) electrons. The molecule has 0 aliphatic carbocycles. The number of rotatable bonds is 12. The van der Waals surface area contributed by atoms with Crippen LogP contribution in [0.2, 0.25) is 0 Å². The van der Waals surface area contributed by atoms with Gasteiger partial charge in [0, 0.05) is 13.2 Å². The van der Waals surface area contributed by atoms with E-state index in [0.717, 1.165) is 32.0 Å². The van der Waals surface area contributed by atoms with Gasteiger partial charge in [-0.2, -0.15) is 13.3 Å². The van der Waals surface area contributed by atoms with Crippen LogP contribution in [0.15, 0.2) is 0 Å². The fourth-order valence-corrected chi connectivity index (χ4v) is 1.68. The van der Waals surface area contributed by atoms with Gasteiger partial charge in [0.25, 0.3) is 0 Å². The van der Waals surface area contributed by atoms with Crippen LogP contribution in [0.3, 0.4) is 0 Å². The summed E-state index contributed by atoms with van der Waals surface area (Å²) in [4.78, 5) is 0. The Morgan fingerprint density at radius 2 is 1.67 bits per heavy atom. The standard InChI is InChI=1S/C14H29O2.ClH.Mg/c1-4-6-7-11-15-13-16-12-8-10-14(3)9-5-2;;/h5,14H,4,6-13H2,1-3H3;1H;/q-1;;+2/p-1. The van der Waals surface area contributed by atoms with E-state index in [0.29, 0.717) is 6.79 Å². The molecule has 0 amide bonds. The molecular formula is C14H29ClMgO2. The minimum atomic E-state index is 0. The summed E-state index contributed by atoms with van der Waals surface area (Å²) in [5.41, 5.74) is 0. The van der Waals surface area contributed by atoms with Crippen LogP contribution in [0.1, 0.15) is 59.3 Å². The fraction of sp³-hybridized carbons (Fsp3) is 0.929. The summed E-state index contributed by atoms with van der Waals surface area (Å²) in [5.74, 6) is 0.791. The second kappa shape index (κ2) is 20.3. The van der Waals surface area contributed by atoms with Gasteiger partial charge in [0.05, 0.1) is 0 Å². The van der Waals surface area contributed by atoms with Crippen LogP contribution in [0.25, 0.3) is 0 Å². The van der Waals surface area contributed by atoms with E-state index in [1.54, 1.807) is 0 Å². The molecule has 0 aliphatic rings. The molecule has 0 aliphatic heterocycles. The molecule has 4 heteroatoms. The van der Waals surface area contributed by atoms with Crippen LogP contribution < -0.4 is 12.4 Å². The van der Waals surface area contributed by atoms with Crippen LogP contribution in [-0.4, -0.2) is 43.1 Å². The Kier molecular flexibility index (Phi) is 27.1. The maximum Gasteiger partial charge on any atom is 2.00 e. The Balaban J connectivity index is -0.00000112. The van der Waals surface area contributed by atoms with Crippen molar-refractivity contribution < 1.29 is 21.9 Å². The fourth-order valence-electron chi connectivity index (χ4n) is 1.68. The quantitative estimate of drug-likeness (QED) is 0.229. The second-order valence-corrected chi connectivity index (χ2v) is 4.53. The predicted octanol–water partition coefficient (Wildman–Crippen LogP) is 0.821. The molecule has 0 heterocycles. The molecule has 1 atom stereocenters. The molecule has 106 valence electrons. The van der Waals surface area contributed by atoms with E-state index in [4.69, 9.17) is 9.47 Å². The molecule has 0 aromatic rings. The zero-order valence-electron chi connectivity index (χ0n) is 12.4. The Bertz CT molecular complexity index is 137. The van der Waals surface area contributed by atoms with Gasteiger partial charge in [-0.3, -0.25) is 0 Å². The number of ether oxygens (including phenoxy) is 2. The van der Waals surface area contributed by atoms with Gasteiger partial charge < -0.3 is 28.3 Å². The van der Waals surface area contributed by atoms with Crippen molar-refractivity contribution in [3.05, 3.63) is 6.42 Å². The van der Waals surface area contributed by atoms with Gasteiger partial charge in [0.15, 0.2) is 0 Å². The van der Waals surface area contributed by atoms with Gasteiger partial charge in [-0.15, -0.1) is 0 Å². The molecule has 2 nitrogen and oxygen atoms in total. The largest absolute Gasteiger partial charge is 2.00 e. The van der Waals surface area contributed by atoms with Crippen molar-refractivity contribution in [1.82, 2.24) is 0 Å². The summed E-state index contributed by atoms with van der Waals surface area (Å²) in [6.45, 7) is 8.76. The molecule has 0 aromatic heterocycles. The molecule has 0 saturated carbocycles. The molecule has 0 spiro atoms. The van der Waals surface area contributed by atoms with Crippen LogP contribution in [0.4, 0.5) is 0 Å². The average Bonchev–Trinajstić information content (AvgIpc) is 2.27. The molecule has 1 unspecified atom stereocenters. The van der Waals surface area contributed by atoms with Gasteiger partial charge >= 0.3 is 23.1 Å². The third-order valence-corrected chi connectivity index (χ3v) is 2.68. The van der Waals surface area contributed by atoms with Crippen molar-refractivity contribution in [1.29, 1.82) is 0 Å². The molecule has 0 N–H and O–H groups in total. The minimum absolute atomic E-state index is 0. The molecule has 0 fully saturated rings. The summed E-state index contributed by atoms with van der Waals surface area (Å²) >= 11 is 0. The SMILES string of the molecule is C[CH-]CC(C)CCCOCOCCCCC.[Cl-].[Mg+2]. The number of hydrogen-bond donors (Lipinski definition) is 0. The smallest absolute Gasteiger partial charge is 1.00 e. The summed E-state index contributed by atoms with van der Waals surface area (Å²) in [7, 11) is 0. The molecule has 0 aromatic carbocycles. The first kappa shape index (κ1) is 24.0. The molecule has 0 saturated heterocycles. The van der Waals surface area contributed by atoms with Gasteiger partial charge in [-0.1, -0.05) is 39.0 Å². The third kappa shape index (κ3) is 19.3. The van der Waals surface area contributed by atoms with Gasteiger partial charge in [-0.25, -0.2) is 0 Å². The van der Waals surface area contributed by atoms with Crippen molar-refractivity contribution in [3.8, 4) is 0 Å². The van der Waals surface area contributed by atoms with Crippen molar-refractivity contribution in [2.75, 3.05) is 20.0 Å². The normalized spacial score (nSPS) is 11.5. The maximum atomic E-state index is 5.41. The number of hydrogen-bond acceptors (Lipinski definition) is 2. The first-order chi connectivity index (χ1) is 7.81. The zero-order chi connectivity index (χ0) is 12.1. The van der Waals surface area contributed by atoms with Crippen LogP contribution in [-0.2, 0) is 9.47 Å². The monoisotopic (exact) mass is 288 g/mol. The zero-order valence-corrected chi connectivity index (χ0v) is 14.6. The van der Waals surface area contributed by atoms with Gasteiger partial charge in [0.2, 0.25) is 0 Å². The second-order valence-electron chi connectivity index (χ2n) is 4.53. The van der Waals surface area contributed by atoms with E-state index in [1.807, 2.05) is 0 Å². The minimum Gasteiger partial charge on any atom is -1.00 e. The van der Waals surface area contributed by atoms with Crippen LogP contribution in [0, 0.1) is 12.3 Å². The van der Waals surface area contributed by atoms with Crippen LogP contribution in [0.5, 0.6) is 0 Å². The first-order valence-corrected chi connectivity index (χ1v) is 6.74. The predicted molar refractivity (Wildman–Crippen MR) is 75.0 cm³/mol. The molecule has 18 heavy (non-hydrogen) atoms. The third-order valence-electron chi connectivity index (χ3n) is 2.68. The van der Waals surface area contributed by atoms with E-state index in [1.165, 1.54) is 25.7 Å². The van der Waals surface area contributed by atoms with Gasteiger partial charge in [0.1, 0.15) is 6.79 Å². The summed E-state index contributed by atoms with van der Waals surface area (Å²) < 4.78 is 10.8. The van der Waals surface area contributed by atoms with E-state index in [2.05, 4.69) is 27.2 Å². The summed E-state index contributed by atoms with van der Waals surface area (Å²) in [6.07, 6.45) is 9.51. The van der Waals surface area contributed by atoms with Crippen molar-refractivity contribution in [2.45, 2.75) is 59.3 Å². The summed E-state index contributed by atoms with van der Waals surface area (Å²) in [5, 5.41) is 0. The molecular weight excluding hydrogens is 260 g/mol. The van der Waals surface area contributed by atoms with Crippen molar-refractivity contribution in [3.63, 3.8) is 0 Å². The van der Waals surface area contributed by atoms with E-state index in [9.17, 15) is 0 Å². The number of halogens is 1. The Hall–Kier alpha value is 0.976. The first-order valence-electron chi connectivity index (χ1n) is 6.74. The van der Waals surface area contributed by atoms with E-state index in [-0.39, 0.29) is 35.5 Å². The van der Waals surface area contributed by atoms with Crippen LogP contribution >= 0.6 is 0 Å². The van der Waals surface area contributed by atoms with Crippen molar-refractivity contribution in [2.24, 2.45) is 5.92 Å². The Morgan fingerprint density at radius 3 is 2.22 bits per heavy atom. The summed E-state index contributed by atoms with van der Waals surface area (Å²) in [6, 6.07) is 0. The van der Waals surface area contributed by atoms with Gasteiger partial charge in [-0.05, 0) is 12.8 Å². The molecule has 0 bridgehead atoms. The molecule has 0 rings (SSSR count). The average molecular weight is 289 g/mol. The number of unbranched alkanes of at least 4 members (excludes halogenated alkanes) is 2. The van der Waals surface area contributed by atoms with Crippen molar-refractivity contribution >= 4 is 23.1 Å². The maximum absolute atomic E-state index is 5.41.